The number of amides is 1. The zero-order valence-electron chi connectivity index (χ0n) is 21.5. The lowest BCUT2D eigenvalue weighted by Crippen LogP contribution is -2.44. The SMILES string of the molecule is COc1ccc(C[C@H](NC(=O)OC(C)(C)C)C(C#CCCO[Si](C)(C)C(C)(C)C)=NO)cc1. The topological polar surface area (TPSA) is 89.4 Å². The van der Waals surface area contributed by atoms with Gasteiger partial charge in [0.1, 0.15) is 11.4 Å². The molecule has 1 atom stereocenters. The third-order valence-corrected chi connectivity index (χ3v) is 9.98. The Hall–Kier alpha value is -2.50. The van der Waals surface area contributed by atoms with E-state index in [1.54, 1.807) is 27.9 Å². The number of carbonyl (C=O) groups excluding carboxylic acids is 1. The molecule has 0 bridgehead atoms. The van der Waals surface area contributed by atoms with Gasteiger partial charge in [0.25, 0.3) is 0 Å². The number of rotatable bonds is 8. The largest absolute Gasteiger partial charge is 0.497 e. The Morgan fingerprint density at radius 2 is 1.76 bits per heavy atom. The molecule has 1 rings (SSSR count). The van der Waals surface area contributed by atoms with Crippen molar-refractivity contribution in [2.45, 2.75) is 84.2 Å². The Bertz CT molecular complexity index is 856. The van der Waals surface area contributed by atoms with Crippen LogP contribution < -0.4 is 10.1 Å². The molecule has 1 aromatic rings. The van der Waals surface area contributed by atoms with Gasteiger partial charge in [-0.3, -0.25) is 0 Å². The molecule has 1 amide bonds. The van der Waals surface area contributed by atoms with Gasteiger partial charge in [0, 0.05) is 13.0 Å². The van der Waals surface area contributed by atoms with Crippen LogP contribution >= 0.6 is 0 Å². The van der Waals surface area contributed by atoms with E-state index >= 15 is 0 Å². The minimum Gasteiger partial charge on any atom is -0.497 e. The summed E-state index contributed by atoms with van der Waals surface area (Å²) in [4.78, 5) is 12.4. The molecule has 0 fully saturated rings. The predicted molar refractivity (Wildman–Crippen MR) is 135 cm³/mol. The number of hydrogen-bond acceptors (Lipinski definition) is 6. The zero-order chi connectivity index (χ0) is 25.3. The molecule has 33 heavy (non-hydrogen) atoms. The molecule has 0 unspecified atom stereocenters. The van der Waals surface area contributed by atoms with Gasteiger partial charge in [0.15, 0.2) is 14.0 Å². The second kappa shape index (κ2) is 12.1. The lowest BCUT2D eigenvalue weighted by Gasteiger charge is -2.35. The second-order valence-corrected chi connectivity index (χ2v) is 15.2. The molecular formula is C25H40N2O5Si. The number of ether oxygens (including phenoxy) is 2. The maximum atomic E-state index is 12.4. The Morgan fingerprint density at radius 1 is 1.15 bits per heavy atom. The summed E-state index contributed by atoms with van der Waals surface area (Å²) in [5.74, 6) is 6.64. The Balaban J connectivity index is 2.94. The molecule has 0 saturated carbocycles. The van der Waals surface area contributed by atoms with Gasteiger partial charge >= 0.3 is 6.09 Å². The fourth-order valence-electron chi connectivity index (χ4n) is 2.57. The molecule has 0 heterocycles. The number of nitrogens with zero attached hydrogens (tertiary/aromatic N) is 1. The van der Waals surface area contributed by atoms with E-state index in [1.807, 2.05) is 24.3 Å². The van der Waals surface area contributed by atoms with Gasteiger partial charge in [-0.1, -0.05) is 44.0 Å². The van der Waals surface area contributed by atoms with E-state index in [0.717, 1.165) is 11.3 Å². The van der Waals surface area contributed by atoms with Gasteiger partial charge < -0.3 is 24.4 Å². The second-order valence-electron chi connectivity index (χ2n) is 10.4. The molecule has 0 spiro atoms. The number of hydrogen-bond donors (Lipinski definition) is 2. The van der Waals surface area contributed by atoms with Crippen LogP contribution in [0.5, 0.6) is 5.75 Å². The summed E-state index contributed by atoms with van der Waals surface area (Å²) >= 11 is 0. The molecule has 0 aliphatic carbocycles. The van der Waals surface area contributed by atoms with Crippen molar-refractivity contribution >= 4 is 20.1 Å². The maximum Gasteiger partial charge on any atom is 0.408 e. The summed E-state index contributed by atoms with van der Waals surface area (Å²) in [6.45, 7) is 16.8. The molecule has 1 aromatic carbocycles. The summed E-state index contributed by atoms with van der Waals surface area (Å²) in [5.41, 5.74) is 0.419. The van der Waals surface area contributed by atoms with Gasteiger partial charge in [0.2, 0.25) is 0 Å². The first-order valence-electron chi connectivity index (χ1n) is 11.2. The van der Waals surface area contributed by atoms with Crippen molar-refractivity contribution in [3.8, 4) is 17.6 Å². The van der Waals surface area contributed by atoms with Crippen LogP contribution in [0.15, 0.2) is 29.4 Å². The fraction of sp³-hybridized carbons (Fsp3) is 0.600. The number of oxime groups is 1. The molecule has 0 aromatic heterocycles. The smallest absolute Gasteiger partial charge is 0.408 e. The standard InChI is InChI=1S/C25H40N2O5Si/c1-24(2,3)32-23(28)26-22(18-19-13-15-20(30-7)16-14-19)21(27-29)12-10-11-17-31-33(8,9)25(4,5)6/h13-16,22,29H,11,17-18H2,1-9H3,(H,26,28)/t22-/m0/s1. The van der Waals surface area contributed by atoms with Crippen LogP contribution in [0.1, 0.15) is 53.5 Å². The van der Waals surface area contributed by atoms with Gasteiger partial charge in [0.05, 0.1) is 13.2 Å². The van der Waals surface area contributed by atoms with E-state index in [2.05, 4.69) is 56.2 Å². The Labute approximate surface area is 200 Å². The van der Waals surface area contributed by atoms with E-state index < -0.39 is 26.1 Å². The van der Waals surface area contributed by atoms with E-state index in [1.165, 1.54) is 0 Å². The van der Waals surface area contributed by atoms with Crippen LogP contribution in [0.2, 0.25) is 18.1 Å². The normalized spacial score (nSPS) is 13.5. The van der Waals surface area contributed by atoms with Crippen molar-refractivity contribution in [2.75, 3.05) is 13.7 Å². The van der Waals surface area contributed by atoms with Crippen LogP contribution in [0.4, 0.5) is 4.79 Å². The van der Waals surface area contributed by atoms with Crippen molar-refractivity contribution in [2.24, 2.45) is 5.16 Å². The minimum absolute atomic E-state index is 0.124. The Kier molecular flexibility index (Phi) is 10.5. The molecule has 184 valence electrons. The highest BCUT2D eigenvalue weighted by Crippen LogP contribution is 2.36. The van der Waals surface area contributed by atoms with Crippen molar-refractivity contribution in [3.05, 3.63) is 29.8 Å². The van der Waals surface area contributed by atoms with Gasteiger partial charge in [-0.15, -0.1) is 0 Å². The van der Waals surface area contributed by atoms with Gasteiger partial charge in [-0.25, -0.2) is 4.79 Å². The number of carbonyl (C=O) groups is 1. The first-order valence-corrected chi connectivity index (χ1v) is 14.1. The summed E-state index contributed by atoms with van der Waals surface area (Å²) in [5, 5.41) is 15.9. The van der Waals surface area contributed by atoms with Crippen molar-refractivity contribution in [1.82, 2.24) is 5.32 Å². The molecule has 0 saturated heterocycles. The highest BCUT2D eigenvalue weighted by Gasteiger charge is 2.36. The molecular weight excluding hydrogens is 436 g/mol. The monoisotopic (exact) mass is 476 g/mol. The number of methoxy groups -OCH3 is 1. The van der Waals surface area contributed by atoms with E-state index in [-0.39, 0.29) is 10.7 Å². The van der Waals surface area contributed by atoms with Crippen molar-refractivity contribution in [3.63, 3.8) is 0 Å². The van der Waals surface area contributed by atoms with E-state index in [9.17, 15) is 10.0 Å². The summed E-state index contributed by atoms with van der Waals surface area (Å²) in [7, 11) is -0.247. The highest BCUT2D eigenvalue weighted by molar-refractivity contribution is 6.74. The first kappa shape index (κ1) is 28.5. The average molecular weight is 477 g/mol. The van der Waals surface area contributed by atoms with Crippen LogP contribution in [0.3, 0.4) is 0 Å². The molecule has 0 aliphatic heterocycles. The van der Waals surface area contributed by atoms with Crippen LogP contribution in [0.25, 0.3) is 0 Å². The summed E-state index contributed by atoms with van der Waals surface area (Å²) in [6, 6.07) is 6.78. The van der Waals surface area contributed by atoms with Crippen molar-refractivity contribution < 1.29 is 23.9 Å². The molecule has 0 aliphatic rings. The van der Waals surface area contributed by atoms with E-state index in [0.29, 0.717) is 19.4 Å². The van der Waals surface area contributed by atoms with Crippen LogP contribution in [0, 0.1) is 11.8 Å². The molecule has 2 N–H and O–H groups in total. The summed E-state index contributed by atoms with van der Waals surface area (Å²) < 4.78 is 16.7. The molecule has 0 radical (unpaired) electrons. The van der Waals surface area contributed by atoms with Gasteiger partial charge in [-0.05, 0) is 68.9 Å². The molecule has 8 heteroatoms. The third kappa shape index (κ3) is 10.3. The fourth-order valence-corrected chi connectivity index (χ4v) is 3.62. The number of nitrogens with one attached hydrogen (secondary N) is 1. The van der Waals surface area contributed by atoms with Crippen molar-refractivity contribution in [1.29, 1.82) is 0 Å². The van der Waals surface area contributed by atoms with Crippen LogP contribution in [-0.2, 0) is 15.6 Å². The summed E-state index contributed by atoms with van der Waals surface area (Å²) in [6.07, 6.45) is 0.260. The number of alkyl carbamates (subject to hydrolysis) is 1. The lowest BCUT2D eigenvalue weighted by atomic mass is 10.0. The Morgan fingerprint density at radius 3 is 2.24 bits per heavy atom. The third-order valence-electron chi connectivity index (χ3n) is 5.44. The first-order chi connectivity index (χ1) is 15.2. The van der Waals surface area contributed by atoms with Crippen LogP contribution in [-0.4, -0.2) is 50.7 Å². The minimum atomic E-state index is -1.85. The molecule has 7 nitrogen and oxygen atoms in total. The quantitative estimate of drug-likeness (QED) is 0.131. The average Bonchev–Trinajstić information content (AvgIpc) is 2.68. The van der Waals surface area contributed by atoms with E-state index in [4.69, 9.17) is 13.9 Å². The highest BCUT2D eigenvalue weighted by atomic mass is 28.4. The maximum absolute atomic E-state index is 12.4. The number of benzene rings is 1. The predicted octanol–water partition coefficient (Wildman–Crippen LogP) is 5.38. The zero-order valence-corrected chi connectivity index (χ0v) is 22.5. The lowest BCUT2D eigenvalue weighted by molar-refractivity contribution is 0.0518. The van der Waals surface area contributed by atoms with Gasteiger partial charge in [-0.2, -0.15) is 0 Å².